The molecule has 3 nitrogen and oxygen atoms in total. The molecule has 1 unspecified atom stereocenters. The van der Waals surface area contributed by atoms with E-state index in [9.17, 15) is 4.79 Å². The lowest BCUT2D eigenvalue weighted by Gasteiger charge is -2.53. The minimum atomic E-state index is -0.147. The van der Waals surface area contributed by atoms with E-state index in [2.05, 4.69) is 61.9 Å². The van der Waals surface area contributed by atoms with Crippen molar-refractivity contribution in [2.45, 2.75) is 71.3 Å². The second kappa shape index (κ2) is 7.09. The first-order valence-corrected chi connectivity index (χ1v) is 10.7. The Morgan fingerprint density at radius 3 is 2.64 bits per heavy atom. The van der Waals surface area contributed by atoms with E-state index in [0.29, 0.717) is 17.8 Å². The maximum Gasteiger partial charge on any atom is 0.311 e. The lowest BCUT2D eigenvalue weighted by Crippen LogP contribution is -2.47. The van der Waals surface area contributed by atoms with Gasteiger partial charge in [-0.1, -0.05) is 57.5 Å². The van der Waals surface area contributed by atoms with Gasteiger partial charge in [0.2, 0.25) is 0 Å². The summed E-state index contributed by atoms with van der Waals surface area (Å²) in [5, 5.41) is 0. The Kier molecular flexibility index (Phi) is 4.89. The van der Waals surface area contributed by atoms with Crippen LogP contribution in [-0.4, -0.2) is 17.6 Å². The van der Waals surface area contributed by atoms with Crippen LogP contribution in [0.15, 0.2) is 36.5 Å². The van der Waals surface area contributed by atoms with E-state index < -0.39 is 0 Å². The Bertz CT molecular complexity index is 864. The van der Waals surface area contributed by atoms with Gasteiger partial charge in [-0.05, 0) is 59.1 Å². The van der Waals surface area contributed by atoms with Crippen LogP contribution in [0.5, 0.6) is 0 Å². The predicted octanol–water partition coefficient (Wildman–Crippen LogP) is 5.28. The summed E-state index contributed by atoms with van der Waals surface area (Å²) in [6.45, 7) is 8.20. The smallest absolute Gasteiger partial charge is 0.311 e. The third-order valence-electron chi connectivity index (χ3n) is 7.57. The van der Waals surface area contributed by atoms with Crippen molar-refractivity contribution in [1.82, 2.24) is 4.57 Å². The SMILES string of the molecule is COC(=O)Cc1c2c(cn1Cc1ccccc1)[C@@]1(C)CCCC(C)(C)C1CC2. The Hall–Kier alpha value is -2.03. The molecule has 1 saturated carbocycles. The lowest BCUT2D eigenvalue weighted by atomic mass is 9.51. The largest absolute Gasteiger partial charge is 0.469 e. The summed E-state index contributed by atoms with van der Waals surface area (Å²) >= 11 is 0. The van der Waals surface area contributed by atoms with Gasteiger partial charge in [0.25, 0.3) is 0 Å². The number of ether oxygens (including phenoxy) is 1. The Morgan fingerprint density at radius 1 is 1.18 bits per heavy atom. The third kappa shape index (κ3) is 3.19. The van der Waals surface area contributed by atoms with Gasteiger partial charge in [0.15, 0.2) is 0 Å². The van der Waals surface area contributed by atoms with Crippen LogP contribution in [0, 0.1) is 11.3 Å². The maximum atomic E-state index is 12.2. The fourth-order valence-electron chi connectivity index (χ4n) is 6.19. The molecule has 0 bridgehead atoms. The van der Waals surface area contributed by atoms with E-state index in [1.54, 1.807) is 0 Å². The van der Waals surface area contributed by atoms with Gasteiger partial charge in [-0.3, -0.25) is 4.79 Å². The van der Waals surface area contributed by atoms with E-state index in [-0.39, 0.29) is 11.4 Å². The molecule has 2 atom stereocenters. The zero-order valence-electron chi connectivity index (χ0n) is 17.8. The highest BCUT2D eigenvalue weighted by molar-refractivity contribution is 5.73. The molecule has 3 heteroatoms. The number of hydrogen-bond acceptors (Lipinski definition) is 2. The number of nitrogens with zero attached hydrogens (tertiary/aromatic N) is 1. The summed E-state index contributed by atoms with van der Waals surface area (Å²) in [6.07, 6.45) is 8.89. The summed E-state index contributed by atoms with van der Waals surface area (Å²) in [7, 11) is 1.49. The average Bonchev–Trinajstić information content (AvgIpc) is 3.00. The normalized spacial score (nSPS) is 25.6. The molecule has 0 spiro atoms. The molecule has 0 radical (unpaired) electrons. The number of rotatable bonds is 4. The van der Waals surface area contributed by atoms with Gasteiger partial charge >= 0.3 is 5.97 Å². The Morgan fingerprint density at radius 2 is 1.93 bits per heavy atom. The highest BCUT2D eigenvalue weighted by Crippen LogP contribution is 2.57. The number of esters is 1. The van der Waals surface area contributed by atoms with Crippen LogP contribution in [0.2, 0.25) is 0 Å². The van der Waals surface area contributed by atoms with Crippen molar-refractivity contribution in [2.24, 2.45) is 11.3 Å². The minimum Gasteiger partial charge on any atom is -0.469 e. The number of aromatic nitrogens is 1. The molecule has 2 aliphatic rings. The minimum absolute atomic E-state index is 0.147. The number of fused-ring (bicyclic) bond motifs is 3. The molecule has 0 N–H and O–H groups in total. The monoisotopic (exact) mass is 379 g/mol. The standard InChI is InChI=1S/C25H33NO2/c1-24(2)13-8-14-25(3)20-17-26(16-18-9-6-5-7-10-18)21(15-23(27)28-4)19(20)11-12-22(24)25/h5-7,9-10,17,22H,8,11-16H2,1-4H3/t22?,25-/m1/s1. The topological polar surface area (TPSA) is 31.2 Å². The Labute approximate surface area is 169 Å². The van der Waals surface area contributed by atoms with Gasteiger partial charge in [-0.2, -0.15) is 0 Å². The van der Waals surface area contributed by atoms with Crippen molar-refractivity contribution in [2.75, 3.05) is 7.11 Å². The van der Waals surface area contributed by atoms with Gasteiger partial charge in [0.1, 0.15) is 0 Å². The second-order valence-electron chi connectivity index (χ2n) is 9.69. The number of benzene rings is 1. The van der Waals surface area contributed by atoms with Crippen molar-refractivity contribution in [3.63, 3.8) is 0 Å². The molecule has 1 aromatic heterocycles. The van der Waals surface area contributed by atoms with Crippen molar-refractivity contribution < 1.29 is 9.53 Å². The van der Waals surface area contributed by atoms with Crippen LogP contribution in [0.3, 0.4) is 0 Å². The summed E-state index contributed by atoms with van der Waals surface area (Å²) in [4.78, 5) is 12.2. The average molecular weight is 380 g/mol. The van der Waals surface area contributed by atoms with Gasteiger partial charge < -0.3 is 9.30 Å². The Balaban J connectivity index is 1.79. The molecule has 2 aliphatic carbocycles. The molecule has 0 saturated heterocycles. The fraction of sp³-hybridized carbons (Fsp3) is 0.560. The lowest BCUT2D eigenvalue weighted by molar-refractivity contribution is -0.139. The van der Waals surface area contributed by atoms with Crippen LogP contribution in [0.4, 0.5) is 0 Å². The summed E-state index contributed by atoms with van der Waals surface area (Å²) < 4.78 is 7.36. The van der Waals surface area contributed by atoms with Crippen molar-refractivity contribution in [3.05, 3.63) is 58.9 Å². The first kappa shape index (κ1) is 19.3. The molecule has 150 valence electrons. The molecule has 2 aromatic rings. The van der Waals surface area contributed by atoms with Gasteiger partial charge in [0.05, 0.1) is 13.5 Å². The zero-order chi connectivity index (χ0) is 19.9. The van der Waals surface area contributed by atoms with Gasteiger partial charge in [-0.15, -0.1) is 0 Å². The van der Waals surface area contributed by atoms with E-state index in [1.165, 1.54) is 49.5 Å². The van der Waals surface area contributed by atoms with Crippen LogP contribution in [0.1, 0.15) is 68.8 Å². The van der Waals surface area contributed by atoms with E-state index in [1.807, 2.05) is 0 Å². The molecule has 1 heterocycles. The third-order valence-corrected chi connectivity index (χ3v) is 7.57. The van der Waals surface area contributed by atoms with E-state index in [4.69, 9.17) is 4.74 Å². The van der Waals surface area contributed by atoms with Crippen molar-refractivity contribution >= 4 is 5.97 Å². The molecular formula is C25H33NO2. The number of methoxy groups -OCH3 is 1. The number of hydrogen-bond donors (Lipinski definition) is 0. The summed E-state index contributed by atoms with van der Waals surface area (Å²) in [6, 6.07) is 10.5. The quantitative estimate of drug-likeness (QED) is 0.677. The van der Waals surface area contributed by atoms with E-state index in [0.717, 1.165) is 18.7 Å². The highest BCUT2D eigenvalue weighted by Gasteiger charge is 2.50. The van der Waals surface area contributed by atoms with Crippen LogP contribution in [0.25, 0.3) is 0 Å². The molecule has 1 aromatic carbocycles. The maximum absolute atomic E-state index is 12.2. The van der Waals surface area contributed by atoms with Crippen LogP contribution >= 0.6 is 0 Å². The van der Waals surface area contributed by atoms with E-state index >= 15 is 0 Å². The highest BCUT2D eigenvalue weighted by atomic mass is 16.5. The van der Waals surface area contributed by atoms with Crippen molar-refractivity contribution in [1.29, 1.82) is 0 Å². The van der Waals surface area contributed by atoms with Gasteiger partial charge in [0, 0.05) is 18.4 Å². The molecule has 1 fully saturated rings. The van der Waals surface area contributed by atoms with Crippen LogP contribution in [-0.2, 0) is 34.3 Å². The zero-order valence-corrected chi connectivity index (χ0v) is 17.8. The number of carbonyl (C=O) groups is 1. The molecular weight excluding hydrogens is 346 g/mol. The van der Waals surface area contributed by atoms with Gasteiger partial charge in [-0.25, -0.2) is 0 Å². The van der Waals surface area contributed by atoms with Crippen LogP contribution < -0.4 is 0 Å². The fourth-order valence-corrected chi connectivity index (χ4v) is 6.19. The molecule has 28 heavy (non-hydrogen) atoms. The summed E-state index contributed by atoms with van der Waals surface area (Å²) in [5.74, 6) is 0.561. The first-order chi connectivity index (χ1) is 13.3. The second-order valence-corrected chi connectivity index (χ2v) is 9.69. The number of carbonyl (C=O) groups excluding carboxylic acids is 1. The predicted molar refractivity (Wildman–Crippen MR) is 112 cm³/mol. The van der Waals surface area contributed by atoms with Crippen molar-refractivity contribution in [3.8, 4) is 0 Å². The molecule has 0 aliphatic heterocycles. The molecule has 0 amide bonds. The summed E-state index contributed by atoms with van der Waals surface area (Å²) in [5.41, 5.74) is 5.93. The first-order valence-electron chi connectivity index (χ1n) is 10.7. The molecule has 4 rings (SSSR count).